The van der Waals surface area contributed by atoms with Crippen molar-refractivity contribution in [2.75, 3.05) is 11.1 Å². The van der Waals surface area contributed by atoms with Gasteiger partial charge in [-0.1, -0.05) is 23.9 Å². The summed E-state index contributed by atoms with van der Waals surface area (Å²) in [5.74, 6) is -0.104. The number of hydrogen-bond donors (Lipinski definition) is 2. The quantitative estimate of drug-likeness (QED) is 0.663. The second kappa shape index (κ2) is 5.83. The lowest BCUT2D eigenvalue weighted by Gasteiger charge is -2.11. The van der Waals surface area contributed by atoms with E-state index in [0.717, 1.165) is 4.34 Å². The van der Waals surface area contributed by atoms with Crippen molar-refractivity contribution in [3.63, 3.8) is 0 Å². The molecule has 0 bridgehead atoms. The number of carbonyl (C=O) groups is 1. The van der Waals surface area contributed by atoms with E-state index in [1.165, 1.54) is 29.6 Å². The number of benzene rings is 1. The van der Waals surface area contributed by atoms with E-state index >= 15 is 0 Å². The lowest BCUT2D eigenvalue weighted by Crippen LogP contribution is -2.22. The second-order valence-corrected chi connectivity index (χ2v) is 5.91. The number of rotatable bonds is 4. The van der Waals surface area contributed by atoms with Gasteiger partial charge in [0.1, 0.15) is 6.33 Å². The number of nitrogens with two attached hydrogens (primary N) is 1. The normalized spacial score (nSPS) is 12.1. The number of nitrogen functional groups attached to an aromatic ring is 1. The third-order valence-electron chi connectivity index (χ3n) is 2.21. The average Bonchev–Trinajstić information content (AvgIpc) is 2.84. The fourth-order valence-corrected chi connectivity index (χ4v) is 2.85. The molecule has 94 valence electrons. The van der Waals surface area contributed by atoms with E-state index in [4.69, 9.17) is 5.73 Å². The molecule has 0 aliphatic carbocycles. The SMILES string of the molecule is CC(Sc1ncns1)C(=O)Nc1ccccc1N. The number of amides is 1. The Hall–Kier alpha value is -1.60. The molecular weight excluding hydrogens is 268 g/mol. The van der Waals surface area contributed by atoms with Gasteiger partial charge in [0.05, 0.1) is 16.6 Å². The number of aromatic nitrogens is 2. The van der Waals surface area contributed by atoms with Crippen LogP contribution in [0.3, 0.4) is 0 Å². The Morgan fingerprint density at radius 1 is 1.50 bits per heavy atom. The Balaban J connectivity index is 1.98. The third kappa shape index (κ3) is 3.21. The largest absolute Gasteiger partial charge is 0.397 e. The van der Waals surface area contributed by atoms with Gasteiger partial charge in [0, 0.05) is 0 Å². The standard InChI is InChI=1S/C11H12N4OS2/c1-7(17-11-13-6-14-18-11)10(16)15-9-5-3-2-4-8(9)12/h2-7H,12H2,1H3,(H,15,16). The van der Waals surface area contributed by atoms with E-state index in [0.29, 0.717) is 11.4 Å². The summed E-state index contributed by atoms with van der Waals surface area (Å²) in [6.07, 6.45) is 1.48. The molecular formula is C11H12N4OS2. The van der Waals surface area contributed by atoms with Crippen molar-refractivity contribution < 1.29 is 4.79 Å². The predicted molar refractivity (Wildman–Crippen MR) is 74.7 cm³/mol. The van der Waals surface area contributed by atoms with Crippen LogP contribution in [0.15, 0.2) is 34.9 Å². The lowest BCUT2D eigenvalue weighted by molar-refractivity contribution is -0.115. The number of nitrogens with one attached hydrogen (secondary N) is 1. The molecule has 0 spiro atoms. The molecule has 1 atom stereocenters. The van der Waals surface area contributed by atoms with E-state index in [1.54, 1.807) is 12.1 Å². The second-order valence-electron chi connectivity index (χ2n) is 3.54. The molecule has 3 N–H and O–H groups in total. The summed E-state index contributed by atoms with van der Waals surface area (Å²) >= 11 is 2.65. The third-order valence-corrected chi connectivity index (χ3v) is 4.05. The van der Waals surface area contributed by atoms with Crippen LogP contribution in [0.2, 0.25) is 0 Å². The minimum absolute atomic E-state index is 0.104. The van der Waals surface area contributed by atoms with Crippen molar-refractivity contribution in [1.29, 1.82) is 0 Å². The molecule has 0 saturated heterocycles. The van der Waals surface area contributed by atoms with Crippen LogP contribution in [0.1, 0.15) is 6.92 Å². The lowest BCUT2D eigenvalue weighted by atomic mass is 10.2. The fraction of sp³-hybridized carbons (Fsp3) is 0.182. The molecule has 1 amide bonds. The molecule has 1 aromatic heterocycles. The van der Waals surface area contributed by atoms with E-state index in [-0.39, 0.29) is 11.2 Å². The summed E-state index contributed by atoms with van der Waals surface area (Å²) < 4.78 is 4.67. The van der Waals surface area contributed by atoms with Crippen molar-refractivity contribution in [1.82, 2.24) is 9.36 Å². The van der Waals surface area contributed by atoms with Gasteiger partial charge in [-0.3, -0.25) is 4.79 Å². The Morgan fingerprint density at radius 3 is 2.94 bits per heavy atom. The van der Waals surface area contributed by atoms with Crippen LogP contribution >= 0.6 is 23.3 Å². The Morgan fingerprint density at radius 2 is 2.28 bits per heavy atom. The molecule has 1 heterocycles. The van der Waals surface area contributed by atoms with Crippen molar-refractivity contribution in [3.05, 3.63) is 30.6 Å². The first-order valence-electron chi connectivity index (χ1n) is 5.25. The molecule has 2 aromatic rings. The zero-order valence-electron chi connectivity index (χ0n) is 9.66. The average molecular weight is 280 g/mol. The molecule has 7 heteroatoms. The summed E-state index contributed by atoms with van der Waals surface area (Å²) in [6, 6.07) is 7.17. The van der Waals surface area contributed by atoms with Crippen LogP contribution in [0.5, 0.6) is 0 Å². The van der Waals surface area contributed by atoms with Gasteiger partial charge in [0.25, 0.3) is 0 Å². The molecule has 0 aliphatic rings. The monoisotopic (exact) mass is 280 g/mol. The molecule has 1 unspecified atom stereocenters. The van der Waals surface area contributed by atoms with Crippen LogP contribution in [0.4, 0.5) is 11.4 Å². The molecule has 0 aliphatic heterocycles. The minimum Gasteiger partial charge on any atom is -0.397 e. The van der Waals surface area contributed by atoms with E-state index in [9.17, 15) is 4.79 Å². The van der Waals surface area contributed by atoms with E-state index < -0.39 is 0 Å². The minimum atomic E-state index is -0.252. The summed E-state index contributed by atoms with van der Waals surface area (Å²) in [6.45, 7) is 1.82. The van der Waals surface area contributed by atoms with Gasteiger partial charge in [-0.15, -0.1) is 0 Å². The van der Waals surface area contributed by atoms with Crippen molar-refractivity contribution in [3.8, 4) is 0 Å². The summed E-state index contributed by atoms with van der Waals surface area (Å²) in [7, 11) is 0. The van der Waals surface area contributed by atoms with Crippen molar-refractivity contribution in [2.24, 2.45) is 0 Å². The molecule has 1 aromatic carbocycles. The van der Waals surface area contributed by atoms with Crippen LogP contribution in [-0.2, 0) is 4.79 Å². The van der Waals surface area contributed by atoms with Gasteiger partial charge >= 0.3 is 0 Å². The number of hydrogen-bond acceptors (Lipinski definition) is 6. The maximum atomic E-state index is 12.0. The Kier molecular flexibility index (Phi) is 4.16. The Bertz CT molecular complexity index is 530. The van der Waals surface area contributed by atoms with Crippen molar-refractivity contribution >= 4 is 40.6 Å². The van der Waals surface area contributed by atoms with Crippen LogP contribution in [0, 0.1) is 0 Å². The summed E-state index contributed by atoms with van der Waals surface area (Å²) in [5.41, 5.74) is 6.95. The van der Waals surface area contributed by atoms with Crippen LogP contribution in [-0.4, -0.2) is 20.5 Å². The van der Waals surface area contributed by atoms with Gasteiger partial charge in [-0.05, 0) is 30.6 Å². The maximum Gasteiger partial charge on any atom is 0.237 e. The molecule has 0 radical (unpaired) electrons. The molecule has 2 rings (SSSR count). The van der Waals surface area contributed by atoms with E-state index in [2.05, 4.69) is 14.7 Å². The van der Waals surface area contributed by atoms with Crippen LogP contribution < -0.4 is 11.1 Å². The maximum absolute atomic E-state index is 12.0. The summed E-state index contributed by atoms with van der Waals surface area (Å²) in [5, 5.41) is 2.54. The summed E-state index contributed by atoms with van der Waals surface area (Å²) in [4.78, 5) is 16.0. The number of carbonyl (C=O) groups excluding carboxylic acids is 1. The van der Waals surface area contributed by atoms with Crippen LogP contribution in [0.25, 0.3) is 0 Å². The van der Waals surface area contributed by atoms with Gasteiger partial charge in [0.2, 0.25) is 5.91 Å². The highest BCUT2D eigenvalue weighted by Gasteiger charge is 2.16. The fourth-order valence-electron chi connectivity index (χ4n) is 1.26. The highest BCUT2D eigenvalue weighted by molar-refractivity contribution is 8.02. The topological polar surface area (TPSA) is 80.9 Å². The first-order valence-corrected chi connectivity index (χ1v) is 6.91. The Labute approximate surface area is 113 Å². The smallest absolute Gasteiger partial charge is 0.237 e. The molecule has 18 heavy (non-hydrogen) atoms. The van der Waals surface area contributed by atoms with Gasteiger partial charge in [0.15, 0.2) is 4.34 Å². The van der Waals surface area contributed by atoms with Gasteiger partial charge in [-0.25, -0.2) is 4.98 Å². The van der Waals surface area contributed by atoms with Gasteiger partial charge in [-0.2, -0.15) is 4.37 Å². The highest BCUT2D eigenvalue weighted by atomic mass is 32.2. The first kappa shape index (κ1) is 12.8. The first-order chi connectivity index (χ1) is 8.66. The highest BCUT2D eigenvalue weighted by Crippen LogP contribution is 2.25. The molecule has 0 fully saturated rings. The molecule has 0 saturated carbocycles. The zero-order valence-corrected chi connectivity index (χ0v) is 11.3. The number of nitrogens with zero attached hydrogens (tertiary/aromatic N) is 2. The molecule has 5 nitrogen and oxygen atoms in total. The van der Waals surface area contributed by atoms with E-state index in [1.807, 2.05) is 19.1 Å². The van der Waals surface area contributed by atoms with Gasteiger partial charge < -0.3 is 11.1 Å². The zero-order chi connectivity index (χ0) is 13.0. The van der Waals surface area contributed by atoms with Crippen molar-refractivity contribution in [2.45, 2.75) is 16.5 Å². The number of anilines is 2. The number of para-hydroxylation sites is 2. The number of thioether (sulfide) groups is 1. The predicted octanol–water partition coefficient (Wildman–Crippen LogP) is 2.24.